The molecular weight excluding hydrogens is 376 g/mol. The number of piperidine rings is 1. The summed E-state index contributed by atoms with van der Waals surface area (Å²) in [4.78, 5) is 18.6. The molecule has 0 saturated carbocycles. The number of nitriles is 1. The number of H-pyrrole nitrogens is 1. The smallest absolute Gasteiger partial charge is 0.182 e. The van der Waals surface area contributed by atoms with Crippen LogP contribution >= 0.6 is 0 Å². The van der Waals surface area contributed by atoms with E-state index in [2.05, 4.69) is 40.9 Å². The van der Waals surface area contributed by atoms with Gasteiger partial charge >= 0.3 is 0 Å². The molecule has 28 heavy (non-hydrogen) atoms. The van der Waals surface area contributed by atoms with E-state index in [-0.39, 0.29) is 5.92 Å². The van der Waals surface area contributed by atoms with Crippen molar-refractivity contribution in [1.29, 1.82) is 5.26 Å². The summed E-state index contributed by atoms with van der Waals surface area (Å²) >= 11 is 0. The number of imidazole rings is 1. The number of aromatic amines is 1. The number of fused-ring (bicyclic) bond motifs is 1. The fourth-order valence-electron chi connectivity index (χ4n) is 3.36. The fourth-order valence-corrected chi connectivity index (χ4v) is 4.01. The van der Waals surface area contributed by atoms with Crippen molar-refractivity contribution in [2.75, 3.05) is 30.4 Å². The molecular formula is C18H20N8OS. The Bertz CT molecular complexity index is 1050. The van der Waals surface area contributed by atoms with Gasteiger partial charge in [-0.25, -0.2) is 23.9 Å². The van der Waals surface area contributed by atoms with Crippen LogP contribution in [0.1, 0.15) is 12.8 Å². The summed E-state index contributed by atoms with van der Waals surface area (Å²) in [5, 5.41) is 12.5. The summed E-state index contributed by atoms with van der Waals surface area (Å²) in [6, 6.07) is 8.04. The van der Waals surface area contributed by atoms with Crippen LogP contribution in [-0.4, -0.2) is 44.3 Å². The Morgan fingerprint density at radius 2 is 2.11 bits per heavy atom. The van der Waals surface area contributed by atoms with Gasteiger partial charge in [-0.3, -0.25) is 0 Å². The van der Waals surface area contributed by atoms with Crippen molar-refractivity contribution in [3.63, 3.8) is 0 Å². The summed E-state index contributed by atoms with van der Waals surface area (Å²) in [6.45, 7) is 1.59. The molecule has 0 radical (unpaired) electrons. The number of benzene rings is 1. The zero-order valence-electron chi connectivity index (χ0n) is 15.3. The Morgan fingerprint density at radius 3 is 2.86 bits per heavy atom. The van der Waals surface area contributed by atoms with Crippen LogP contribution in [0.3, 0.4) is 0 Å². The Morgan fingerprint density at radius 1 is 1.29 bits per heavy atom. The summed E-state index contributed by atoms with van der Waals surface area (Å²) < 4.78 is 15.0. The number of hydrogen-bond donors (Lipinski definition) is 3. The van der Waals surface area contributed by atoms with E-state index in [4.69, 9.17) is 5.26 Å². The molecule has 10 heteroatoms. The molecule has 0 aliphatic carbocycles. The first-order valence-corrected chi connectivity index (χ1v) is 10.1. The van der Waals surface area contributed by atoms with Gasteiger partial charge in [0.2, 0.25) is 0 Å². The SMILES string of the molecule is CNS(=O)c1ccc(N2CCC(C#N)CC2)c(Nc2ncnc3nc[nH]c23)c1. The number of aromatic nitrogens is 4. The van der Waals surface area contributed by atoms with Gasteiger partial charge in [0.1, 0.15) is 22.8 Å². The molecule has 3 aromatic rings. The van der Waals surface area contributed by atoms with Gasteiger partial charge in [0.05, 0.1) is 28.7 Å². The van der Waals surface area contributed by atoms with Crippen LogP contribution < -0.4 is 14.9 Å². The molecule has 4 rings (SSSR count). The summed E-state index contributed by atoms with van der Waals surface area (Å²) in [7, 11) is 0.352. The van der Waals surface area contributed by atoms with Crippen molar-refractivity contribution in [2.24, 2.45) is 5.92 Å². The molecule has 1 saturated heterocycles. The van der Waals surface area contributed by atoms with Gasteiger partial charge in [0.25, 0.3) is 0 Å². The first-order chi connectivity index (χ1) is 13.7. The summed E-state index contributed by atoms with van der Waals surface area (Å²) in [5.41, 5.74) is 3.06. The van der Waals surface area contributed by atoms with Crippen molar-refractivity contribution >= 4 is 39.3 Å². The van der Waals surface area contributed by atoms with Crippen molar-refractivity contribution in [2.45, 2.75) is 17.7 Å². The minimum absolute atomic E-state index is 0.107. The van der Waals surface area contributed by atoms with Gasteiger partial charge in [-0.05, 0) is 38.1 Å². The monoisotopic (exact) mass is 396 g/mol. The highest BCUT2D eigenvalue weighted by Crippen LogP contribution is 2.34. The number of rotatable bonds is 5. The average molecular weight is 396 g/mol. The number of nitrogens with zero attached hydrogens (tertiary/aromatic N) is 5. The average Bonchev–Trinajstić information content (AvgIpc) is 3.23. The lowest BCUT2D eigenvalue weighted by atomic mass is 9.98. The van der Waals surface area contributed by atoms with Crippen molar-refractivity contribution in [3.05, 3.63) is 30.9 Å². The fraction of sp³-hybridized carbons (Fsp3) is 0.333. The molecule has 1 aromatic carbocycles. The van der Waals surface area contributed by atoms with Gasteiger partial charge in [0, 0.05) is 19.0 Å². The molecule has 3 N–H and O–H groups in total. The Hall–Kier alpha value is -3.03. The largest absolute Gasteiger partial charge is 0.370 e. The minimum atomic E-state index is -1.30. The molecule has 2 aromatic heterocycles. The van der Waals surface area contributed by atoms with Crippen molar-refractivity contribution in [3.8, 4) is 6.07 Å². The lowest BCUT2D eigenvalue weighted by Gasteiger charge is -2.32. The third kappa shape index (κ3) is 3.54. The third-order valence-electron chi connectivity index (χ3n) is 4.86. The highest BCUT2D eigenvalue weighted by Gasteiger charge is 2.22. The molecule has 1 unspecified atom stereocenters. The molecule has 1 atom stereocenters. The first kappa shape index (κ1) is 18.3. The van der Waals surface area contributed by atoms with Crippen molar-refractivity contribution < 1.29 is 4.21 Å². The topological polar surface area (TPSA) is 123 Å². The maximum absolute atomic E-state index is 12.2. The molecule has 144 valence electrons. The summed E-state index contributed by atoms with van der Waals surface area (Å²) in [5.74, 6) is 0.707. The van der Waals surface area contributed by atoms with E-state index in [0.29, 0.717) is 21.9 Å². The highest BCUT2D eigenvalue weighted by molar-refractivity contribution is 7.83. The van der Waals surface area contributed by atoms with E-state index in [9.17, 15) is 4.21 Å². The van der Waals surface area contributed by atoms with E-state index in [1.807, 2.05) is 18.2 Å². The predicted octanol–water partition coefficient (Wildman–Crippen LogP) is 2.08. The minimum Gasteiger partial charge on any atom is -0.370 e. The predicted molar refractivity (Wildman–Crippen MR) is 107 cm³/mol. The third-order valence-corrected chi connectivity index (χ3v) is 5.91. The Labute approximate surface area is 164 Å². The van der Waals surface area contributed by atoms with Crippen LogP contribution in [0.4, 0.5) is 17.2 Å². The molecule has 1 fully saturated rings. The number of nitrogens with one attached hydrogen (secondary N) is 3. The van der Waals surface area contributed by atoms with E-state index >= 15 is 0 Å². The maximum Gasteiger partial charge on any atom is 0.182 e. The second kappa shape index (κ2) is 7.92. The molecule has 1 aliphatic rings. The van der Waals surface area contributed by atoms with Gasteiger partial charge in [-0.15, -0.1) is 0 Å². The van der Waals surface area contributed by atoms with Crippen LogP contribution in [0.2, 0.25) is 0 Å². The zero-order valence-corrected chi connectivity index (χ0v) is 16.2. The highest BCUT2D eigenvalue weighted by atomic mass is 32.2. The van der Waals surface area contributed by atoms with Crippen LogP contribution in [0.15, 0.2) is 35.7 Å². The molecule has 3 heterocycles. The van der Waals surface area contributed by atoms with Gasteiger partial charge in [-0.1, -0.05) is 0 Å². The second-order valence-corrected chi connectivity index (χ2v) is 7.91. The number of hydrogen-bond acceptors (Lipinski definition) is 7. The normalized spacial score (nSPS) is 16.1. The van der Waals surface area contributed by atoms with E-state index in [1.165, 1.54) is 6.33 Å². The van der Waals surface area contributed by atoms with Crippen LogP contribution in [-0.2, 0) is 11.0 Å². The zero-order chi connectivity index (χ0) is 19.5. The second-order valence-electron chi connectivity index (χ2n) is 6.49. The van der Waals surface area contributed by atoms with Crippen LogP contribution in [0.5, 0.6) is 0 Å². The van der Waals surface area contributed by atoms with Gasteiger partial charge < -0.3 is 15.2 Å². The summed E-state index contributed by atoms with van der Waals surface area (Å²) in [6.07, 6.45) is 4.70. The number of anilines is 3. The maximum atomic E-state index is 12.2. The molecule has 0 spiro atoms. The van der Waals surface area contributed by atoms with E-state index in [1.54, 1.807) is 13.4 Å². The quantitative estimate of drug-likeness (QED) is 0.603. The standard InChI is InChI=1S/C18H20N8OS/c1-20-28(27)13-2-3-15(26-6-4-12(9-19)5-7-26)14(8-13)25-18-16-17(22-10-21-16)23-11-24-18/h2-3,8,10-12,20H,4-7H2,1H3,(H2,21,22,23,24,25). The molecule has 1 aliphatic heterocycles. The van der Waals surface area contributed by atoms with E-state index < -0.39 is 11.0 Å². The van der Waals surface area contributed by atoms with Crippen molar-refractivity contribution in [1.82, 2.24) is 24.7 Å². The Balaban J connectivity index is 1.71. The first-order valence-electron chi connectivity index (χ1n) is 8.98. The Kier molecular flexibility index (Phi) is 5.18. The van der Waals surface area contributed by atoms with Gasteiger partial charge in [-0.2, -0.15) is 5.26 Å². The lowest BCUT2D eigenvalue weighted by molar-refractivity contribution is 0.488. The van der Waals surface area contributed by atoms with Crippen LogP contribution in [0, 0.1) is 17.2 Å². The molecule has 0 bridgehead atoms. The van der Waals surface area contributed by atoms with Gasteiger partial charge in [0.15, 0.2) is 11.5 Å². The molecule has 0 amide bonds. The van der Waals surface area contributed by atoms with Crippen LogP contribution in [0.25, 0.3) is 11.2 Å². The lowest BCUT2D eigenvalue weighted by Crippen LogP contribution is -2.33. The van der Waals surface area contributed by atoms with E-state index in [0.717, 1.165) is 37.3 Å². The molecule has 9 nitrogen and oxygen atoms in total.